The number of hydrogen-bond donors (Lipinski definition) is 1. The van der Waals surface area contributed by atoms with Crippen molar-refractivity contribution in [3.63, 3.8) is 0 Å². The Kier molecular flexibility index (Phi) is 4.32. The van der Waals surface area contributed by atoms with Crippen LogP contribution in [0, 0.1) is 0 Å². The molecular formula is C15H24N2O2. The SMILES string of the molecule is COc1ccc(OC)c(CC2(N)CCN(C)CC2)c1. The van der Waals surface area contributed by atoms with Crippen molar-refractivity contribution in [2.45, 2.75) is 24.8 Å². The zero-order valence-corrected chi connectivity index (χ0v) is 12.1. The van der Waals surface area contributed by atoms with E-state index in [9.17, 15) is 0 Å². The third-order valence-electron chi connectivity index (χ3n) is 4.01. The van der Waals surface area contributed by atoms with Gasteiger partial charge in [-0.2, -0.15) is 0 Å². The van der Waals surface area contributed by atoms with Gasteiger partial charge in [-0.3, -0.25) is 0 Å². The predicted molar refractivity (Wildman–Crippen MR) is 76.9 cm³/mol. The fraction of sp³-hybridized carbons (Fsp3) is 0.600. The molecule has 1 aliphatic rings. The van der Waals surface area contributed by atoms with Gasteiger partial charge in [0.25, 0.3) is 0 Å². The molecule has 0 aliphatic carbocycles. The van der Waals surface area contributed by atoms with E-state index in [-0.39, 0.29) is 5.54 Å². The summed E-state index contributed by atoms with van der Waals surface area (Å²) in [6.07, 6.45) is 2.87. The lowest BCUT2D eigenvalue weighted by atomic mass is 9.82. The Labute approximate surface area is 115 Å². The van der Waals surface area contributed by atoms with Crippen LogP contribution in [0.1, 0.15) is 18.4 Å². The van der Waals surface area contributed by atoms with Crippen molar-refractivity contribution in [1.29, 1.82) is 0 Å². The second-order valence-corrected chi connectivity index (χ2v) is 5.52. The van der Waals surface area contributed by atoms with E-state index < -0.39 is 0 Å². The molecule has 1 saturated heterocycles. The predicted octanol–water partition coefficient (Wildman–Crippen LogP) is 1.67. The van der Waals surface area contributed by atoms with Crippen molar-refractivity contribution in [2.75, 3.05) is 34.4 Å². The van der Waals surface area contributed by atoms with Crippen LogP contribution in [-0.2, 0) is 6.42 Å². The number of benzene rings is 1. The summed E-state index contributed by atoms with van der Waals surface area (Å²) in [6, 6.07) is 5.90. The molecule has 0 aromatic heterocycles. The average molecular weight is 264 g/mol. The monoisotopic (exact) mass is 264 g/mol. The van der Waals surface area contributed by atoms with E-state index in [0.29, 0.717) is 0 Å². The molecule has 0 spiro atoms. The Morgan fingerprint density at radius 2 is 1.89 bits per heavy atom. The zero-order chi connectivity index (χ0) is 13.9. The molecule has 1 aromatic rings. The van der Waals surface area contributed by atoms with Crippen LogP contribution >= 0.6 is 0 Å². The summed E-state index contributed by atoms with van der Waals surface area (Å²) in [4.78, 5) is 2.33. The lowest BCUT2D eigenvalue weighted by Gasteiger charge is -2.38. The third-order valence-corrected chi connectivity index (χ3v) is 4.01. The molecule has 4 heteroatoms. The lowest BCUT2D eigenvalue weighted by molar-refractivity contribution is 0.189. The van der Waals surface area contributed by atoms with Gasteiger partial charge in [-0.1, -0.05) is 0 Å². The summed E-state index contributed by atoms with van der Waals surface area (Å²) in [6.45, 7) is 2.12. The molecular weight excluding hydrogens is 240 g/mol. The van der Waals surface area contributed by atoms with Crippen LogP contribution in [0.4, 0.5) is 0 Å². The van der Waals surface area contributed by atoms with E-state index in [1.54, 1.807) is 14.2 Å². The number of likely N-dealkylation sites (tertiary alicyclic amines) is 1. The Balaban J connectivity index is 2.17. The highest BCUT2D eigenvalue weighted by Crippen LogP contribution is 2.30. The number of piperidine rings is 1. The van der Waals surface area contributed by atoms with Crippen molar-refractivity contribution in [1.82, 2.24) is 4.90 Å². The average Bonchev–Trinajstić information content (AvgIpc) is 2.42. The fourth-order valence-electron chi connectivity index (χ4n) is 2.64. The molecule has 0 bridgehead atoms. The standard InChI is InChI=1S/C15H24N2O2/c1-17-8-6-15(16,7-9-17)11-12-10-13(18-2)4-5-14(12)19-3/h4-5,10H,6-9,11,16H2,1-3H3. The second-order valence-electron chi connectivity index (χ2n) is 5.52. The van der Waals surface area contributed by atoms with Crippen LogP contribution < -0.4 is 15.2 Å². The Hall–Kier alpha value is -1.26. The molecule has 19 heavy (non-hydrogen) atoms. The van der Waals surface area contributed by atoms with Crippen molar-refractivity contribution >= 4 is 0 Å². The van der Waals surface area contributed by atoms with Crippen LogP contribution in [-0.4, -0.2) is 44.8 Å². The van der Waals surface area contributed by atoms with Gasteiger partial charge in [0.15, 0.2) is 0 Å². The van der Waals surface area contributed by atoms with Crippen molar-refractivity contribution < 1.29 is 9.47 Å². The van der Waals surface area contributed by atoms with E-state index in [0.717, 1.165) is 49.4 Å². The highest BCUT2D eigenvalue weighted by atomic mass is 16.5. The molecule has 1 fully saturated rings. The van der Waals surface area contributed by atoms with Gasteiger partial charge in [-0.15, -0.1) is 0 Å². The maximum atomic E-state index is 6.55. The minimum Gasteiger partial charge on any atom is -0.497 e. The number of rotatable bonds is 4. The summed E-state index contributed by atoms with van der Waals surface area (Å²) in [5, 5.41) is 0. The number of hydrogen-bond acceptors (Lipinski definition) is 4. The first-order valence-corrected chi connectivity index (χ1v) is 6.75. The molecule has 0 radical (unpaired) electrons. The van der Waals surface area contributed by atoms with Crippen molar-refractivity contribution in [3.8, 4) is 11.5 Å². The molecule has 0 amide bonds. The Morgan fingerprint density at radius 3 is 2.47 bits per heavy atom. The molecule has 0 unspecified atom stereocenters. The molecule has 106 valence electrons. The van der Waals surface area contributed by atoms with Gasteiger partial charge in [0.05, 0.1) is 14.2 Å². The highest BCUT2D eigenvalue weighted by Gasteiger charge is 2.30. The van der Waals surface area contributed by atoms with Crippen LogP contribution in [0.3, 0.4) is 0 Å². The van der Waals surface area contributed by atoms with Gasteiger partial charge in [0.1, 0.15) is 11.5 Å². The molecule has 0 saturated carbocycles. The molecule has 4 nitrogen and oxygen atoms in total. The quantitative estimate of drug-likeness (QED) is 0.898. The first-order chi connectivity index (χ1) is 9.06. The van der Waals surface area contributed by atoms with Crippen LogP contribution in [0.5, 0.6) is 11.5 Å². The molecule has 2 N–H and O–H groups in total. The lowest BCUT2D eigenvalue weighted by Crippen LogP contribution is -2.50. The van der Waals surface area contributed by atoms with Gasteiger partial charge < -0.3 is 20.1 Å². The van der Waals surface area contributed by atoms with E-state index in [1.807, 2.05) is 18.2 Å². The summed E-state index contributed by atoms with van der Waals surface area (Å²) >= 11 is 0. The maximum absolute atomic E-state index is 6.55. The number of nitrogens with two attached hydrogens (primary N) is 1. The molecule has 0 atom stereocenters. The third kappa shape index (κ3) is 3.39. The molecule has 1 aromatic carbocycles. The minimum absolute atomic E-state index is 0.133. The Bertz CT molecular complexity index is 426. The van der Waals surface area contributed by atoms with Crippen LogP contribution in [0.15, 0.2) is 18.2 Å². The summed E-state index contributed by atoms with van der Waals surface area (Å²) in [7, 11) is 5.52. The molecule has 2 rings (SSSR count). The summed E-state index contributed by atoms with van der Waals surface area (Å²) < 4.78 is 10.7. The van der Waals surface area contributed by atoms with Gasteiger partial charge >= 0.3 is 0 Å². The number of ether oxygens (including phenoxy) is 2. The van der Waals surface area contributed by atoms with Crippen molar-refractivity contribution in [3.05, 3.63) is 23.8 Å². The normalized spacial score (nSPS) is 19.2. The largest absolute Gasteiger partial charge is 0.497 e. The first-order valence-electron chi connectivity index (χ1n) is 6.75. The molecule has 1 aliphatic heterocycles. The second kappa shape index (κ2) is 5.80. The highest BCUT2D eigenvalue weighted by molar-refractivity contribution is 5.41. The maximum Gasteiger partial charge on any atom is 0.122 e. The number of nitrogens with zero attached hydrogens (tertiary/aromatic N) is 1. The van der Waals surface area contributed by atoms with E-state index in [1.165, 1.54) is 0 Å². The number of methoxy groups -OCH3 is 2. The topological polar surface area (TPSA) is 47.7 Å². The van der Waals surface area contributed by atoms with Crippen molar-refractivity contribution in [2.24, 2.45) is 5.73 Å². The van der Waals surface area contributed by atoms with Crippen LogP contribution in [0.25, 0.3) is 0 Å². The smallest absolute Gasteiger partial charge is 0.122 e. The first kappa shape index (κ1) is 14.2. The van der Waals surface area contributed by atoms with Crippen LogP contribution in [0.2, 0.25) is 0 Å². The van der Waals surface area contributed by atoms with Gasteiger partial charge in [-0.25, -0.2) is 0 Å². The minimum atomic E-state index is -0.133. The Morgan fingerprint density at radius 1 is 1.21 bits per heavy atom. The van der Waals surface area contributed by atoms with E-state index in [2.05, 4.69) is 11.9 Å². The fourth-order valence-corrected chi connectivity index (χ4v) is 2.64. The van der Waals surface area contributed by atoms with Gasteiger partial charge in [-0.05, 0) is 63.2 Å². The van der Waals surface area contributed by atoms with E-state index in [4.69, 9.17) is 15.2 Å². The summed E-state index contributed by atoms with van der Waals surface area (Å²) in [5.74, 6) is 1.75. The molecule has 1 heterocycles. The summed E-state index contributed by atoms with van der Waals surface area (Å²) in [5.41, 5.74) is 7.55. The van der Waals surface area contributed by atoms with E-state index >= 15 is 0 Å². The van der Waals surface area contributed by atoms with Gasteiger partial charge in [0, 0.05) is 5.54 Å². The zero-order valence-electron chi connectivity index (χ0n) is 12.1. The van der Waals surface area contributed by atoms with Gasteiger partial charge in [0.2, 0.25) is 0 Å².